The summed E-state index contributed by atoms with van der Waals surface area (Å²) in [5.74, 6) is -1.58. The molecule has 0 aliphatic carbocycles. The molecule has 1 aromatic carbocycles. The van der Waals surface area contributed by atoms with Crippen LogP contribution in [0.2, 0.25) is 0 Å². The Labute approximate surface area is 155 Å². The van der Waals surface area contributed by atoms with E-state index in [1.807, 2.05) is 0 Å². The minimum atomic E-state index is -0.748. The summed E-state index contributed by atoms with van der Waals surface area (Å²) in [7, 11) is 0. The van der Waals surface area contributed by atoms with Crippen LogP contribution in [0.5, 0.6) is 0 Å². The highest BCUT2D eigenvalue weighted by atomic mass is 19.1. The van der Waals surface area contributed by atoms with Gasteiger partial charge in [0.25, 0.3) is 0 Å². The van der Waals surface area contributed by atoms with E-state index in [-0.39, 0.29) is 30.3 Å². The lowest BCUT2D eigenvalue weighted by molar-refractivity contribution is -0.132. The lowest BCUT2D eigenvalue weighted by Gasteiger charge is -2.38. The minimum absolute atomic E-state index is 0.0464. The van der Waals surface area contributed by atoms with E-state index in [1.54, 1.807) is 9.80 Å². The summed E-state index contributed by atoms with van der Waals surface area (Å²) in [6.07, 6.45) is 1.69. The number of benzene rings is 1. The third kappa shape index (κ3) is 4.53. The Bertz CT molecular complexity index is 743. The van der Waals surface area contributed by atoms with Gasteiger partial charge in [-0.3, -0.25) is 9.59 Å². The molecule has 1 spiro atoms. The summed E-state index contributed by atoms with van der Waals surface area (Å²) in [5, 5.41) is 2.28. The van der Waals surface area contributed by atoms with E-state index < -0.39 is 17.7 Å². The third-order valence-electron chi connectivity index (χ3n) is 5.29. The van der Waals surface area contributed by atoms with Crippen LogP contribution in [0.25, 0.3) is 0 Å². The summed E-state index contributed by atoms with van der Waals surface area (Å²) in [6, 6.07) is 2.52. The van der Waals surface area contributed by atoms with Crippen LogP contribution in [0.4, 0.5) is 13.6 Å². The number of nitrogens with two attached hydrogens (primary N) is 1. The van der Waals surface area contributed by atoms with Crippen molar-refractivity contribution in [3.63, 3.8) is 0 Å². The third-order valence-corrected chi connectivity index (χ3v) is 5.29. The topological polar surface area (TPSA) is 95.7 Å². The highest BCUT2D eigenvalue weighted by Crippen LogP contribution is 2.41. The molecule has 2 saturated heterocycles. The zero-order valence-corrected chi connectivity index (χ0v) is 14.8. The van der Waals surface area contributed by atoms with Crippen LogP contribution in [0, 0.1) is 17.0 Å². The molecule has 0 unspecified atom stereocenters. The Morgan fingerprint density at radius 2 is 1.78 bits per heavy atom. The summed E-state index contributed by atoms with van der Waals surface area (Å²) in [6.45, 7) is 1.52. The summed E-state index contributed by atoms with van der Waals surface area (Å²) in [4.78, 5) is 38.4. The predicted molar refractivity (Wildman–Crippen MR) is 92.2 cm³/mol. The smallest absolute Gasteiger partial charge is 0.312 e. The van der Waals surface area contributed by atoms with Crippen LogP contribution in [-0.2, 0) is 16.1 Å². The molecule has 2 heterocycles. The van der Waals surface area contributed by atoms with E-state index in [4.69, 9.17) is 5.73 Å². The Morgan fingerprint density at radius 3 is 2.37 bits per heavy atom. The van der Waals surface area contributed by atoms with Crippen LogP contribution < -0.4 is 11.1 Å². The monoisotopic (exact) mass is 380 g/mol. The van der Waals surface area contributed by atoms with Crippen molar-refractivity contribution in [1.82, 2.24) is 15.1 Å². The van der Waals surface area contributed by atoms with Crippen LogP contribution >= 0.6 is 0 Å². The number of hydrogen-bond donors (Lipinski definition) is 2. The molecule has 0 saturated carbocycles. The number of primary amides is 1. The van der Waals surface area contributed by atoms with Gasteiger partial charge in [0, 0.05) is 44.1 Å². The van der Waals surface area contributed by atoms with E-state index in [1.165, 1.54) is 12.1 Å². The molecule has 9 heteroatoms. The van der Waals surface area contributed by atoms with Crippen LogP contribution in [0.15, 0.2) is 18.2 Å². The number of amides is 4. The number of rotatable bonds is 4. The van der Waals surface area contributed by atoms with Crippen LogP contribution in [0.3, 0.4) is 0 Å². The molecular weight excluding hydrogens is 358 g/mol. The lowest BCUT2D eigenvalue weighted by atomic mass is 9.77. The van der Waals surface area contributed by atoms with Crippen molar-refractivity contribution in [2.75, 3.05) is 26.2 Å². The standard InChI is InChI=1S/C18H22F2N4O3/c19-13-5-12(6-14(20)7-13)10-24-11-18(8-15(24)25)1-3-23(4-2-18)16(26)9-22-17(21)27/h5-7H,1-4,8-11H2,(H3,21,22,27). The molecule has 3 rings (SSSR count). The number of carbonyl (C=O) groups is 3. The molecule has 2 fully saturated rings. The van der Waals surface area contributed by atoms with E-state index in [0.29, 0.717) is 44.5 Å². The predicted octanol–water partition coefficient (Wildman–Crippen LogP) is 0.974. The van der Waals surface area contributed by atoms with Crippen molar-refractivity contribution >= 4 is 17.8 Å². The van der Waals surface area contributed by atoms with Gasteiger partial charge in [0.15, 0.2) is 0 Å². The first-order valence-electron chi connectivity index (χ1n) is 8.80. The Morgan fingerprint density at radius 1 is 1.15 bits per heavy atom. The van der Waals surface area contributed by atoms with E-state index in [0.717, 1.165) is 6.07 Å². The molecule has 7 nitrogen and oxygen atoms in total. The highest BCUT2D eigenvalue weighted by molar-refractivity contribution is 5.83. The van der Waals surface area contributed by atoms with E-state index in [9.17, 15) is 23.2 Å². The van der Waals surface area contributed by atoms with Crippen molar-refractivity contribution in [1.29, 1.82) is 0 Å². The average molecular weight is 380 g/mol. The normalized spacial score (nSPS) is 18.8. The fourth-order valence-corrected chi connectivity index (χ4v) is 3.89. The van der Waals surface area contributed by atoms with Crippen molar-refractivity contribution in [2.24, 2.45) is 11.1 Å². The summed E-state index contributed by atoms with van der Waals surface area (Å²) in [5.41, 5.74) is 5.16. The lowest BCUT2D eigenvalue weighted by Crippen LogP contribution is -2.48. The Balaban J connectivity index is 1.57. The van der Waals surface area contributed by atoms with Gasteiger partial charge in [-0.05, 0) is 30.5 Å². The molecule has 0 radical (unpaired) electrons. The molecule has 2 aliphatic rings. The van der Waals surface area contributed by atoms with E-state index in [2.05, 4.69) is 5.32 Å². The molecule has 1 aromatic rings. The number of urea groups is 1. The first-order valence-corrected chi connectivity index (χ1v) is 8.80. The number of carbonyl (C=O) groups excluding carboxylic acids is 3. The maximum atomic E-state index is 13.4. The molecule has 0 atom stereocenters. The molecule has 3 N–H and O–H groups in total. The maximum Gasteiger partial charge on any atom is 0.312 e. The number of nitrogens with one attached hydrogen (secondary N) is 1. The molecule has 2 aliphatic heterocycles. The van der Waals surface area contributed by atoms with Gasteiger partial charge in [-0.15, -0.1) is 0 Å². The quantitative estimate of drug-likeness (QED) is 0.815. The zero-order valence-electron chi connectivity index (χ0n) is 14.8. The number of halogens is 2. The second-order valence-electron chi connectivity index (χ2n) is 7.30. The highest BCUT2D eigenvalue weighted by Gasteiger charge is 2.45. The first-order chi connectivity index (χ1) is 12.8. The average Bonchev–Trinajstić information content (AvgIpc) is 2.87. The fraction of sp³-hybridized carbons (Fsp3) is 0.500. The zero-order chi connectivity index (χ0) is 19.6. The number of likely N-dealkylation sites (tertiary alicyclic amines) is 2. The maximum absolute atomic E-state index is 13.4. The number of hydrogen-bond acceptors (Lipinski definition) is 3. The van der Waals surface area contributed by atoms with E-state index >= 15 is 0 Å². The molecular formula is C18H22F2N4O3. The number of nitrogens with zero attached hydrogens (tertiary/aromatic N) is 2. The van der Waals surface area contributed by atoms with Crippen molar-refractivity contribution < 1.29 is 23.2 Å². The number of piperidine rings is 1. The van der Waals surface area contributed by atoms with Gasteiger partial charge < -0.3 is 20.9 Å². The second kappa shape index (κ2) is 7.50. The Kier molecular flexibility index (Phi) is 5.29. The first kappa shape index (κ1) is 19.1. The van der Waals surface area contributed by atoms with Crippen molar-refractivity contribution in [3.8, 4) is 0 Å². The SMILES string of the molecule is NC(=O)NCC(=O)N1CCC2(CC1)CC(=O)N(Cc1cc(F)cc(F)c1)C2. The van der Waals surface area contributed by atoms with Crippen LogP contribution in [-0.4, -0.2) is 53.8 Å². The summed E-state index contributed by atoms with van der Waals surface area (Å²) >= 11 is 0. The molecule has 4 amide bonds. The molecule has 0 aromatic heterocycles. The summed E-state index contributed by atoms with van der Waals surface area (Å²) < 4.78 is 26.7. The largest absolute Gasteiger partial charge is 0.352 e. The van der Waals surface area contributed by atoms with Gasteiger partial charge in [-0.2, -0.15) is 0 Å². The second-order valence-corrected chi connectivity index (χ2v) is 7.30. The van der Waals surface area contributed by atoms with Gasteiger partial charge in [0.1, 0.15) is 11.6 Å². The molecule has 146 valence electrons. The van der Waals surface area contributed by atoms with Crippen molar-refractivity contribution in [3.05, 3.63) is 35.4 Å². The van der Waals surface area contributed by atoms with Crippen molar-refractivity contribution in [2.45, 2.75) is 25.8 Å². The molecule has 0 bridgehead atoms. The minimum Gasteiger partial charge on any atom is -0.352 e. The molecule has 27 heavy (non-hydrogen) atoms. The van der Waals surface area contributed by atoms with Gasteiger partial charge in [0.2, 0.25) is 11.8 Å². The van der Waals surface area contributed by atoms with Gasteiger partial charge in [-0.25, -0.2) is 13.6 Å². The Hall–Kier alpha value is -2.71. The van der Waals surface area contributed by atoms with Gasteiger partial charge >= 0.3 is 6.03 Å². The van der Waals surface area contributed by atoms with Gasteiger partial charge in [0.05, 0.1) is 6.54 Å². The fourth-order valence-electron chi connectivity index (χ4n) is 3.89. The van der Waals surface area contributed by atoms with Gasteiger partial charge in [-0.1, -0.05) is 0 Å². The van der Waals surface area contributed by atoms with Crippen LogP contribution in [0.1, 0.15) is 24.8 Å².